The van der Waals surface area contributed by atoms with E-state index in [1.165, 1.54) is 45.5 Å². The standard InChI is InChI=1S/C24H32N4O7S/c1-15(2)22(25-23(30)17-11-18(34-5)13-19(12-17)35-6)24(31)27-26-21(29)14-28(4)36(32,33)20-9-7-16(3)8-10-20/h7-13,15,22H,14H2,1-6H3,(H,25,30)(H,26,29)(H,27,31)/t22-/m0/s1. The van der Waals surface area contributed by atoms with Crippen LogP contribution in [-0.2, 0) is 19.6 Å². The van der Waals surface area contributed by atoms with Crippen LogP contribution in [0.4, 0.5) is 0 Å². The number of hydrazine groups is 1. The average Bonchev–Trinajstić information content (AvgIpc) is 2.85. The Morgan fingerprint density at radius 1 is 0.944 bits per heavy atom. The molecule has 36 heavy (non-hydrogen) atoms. The molecule has 196 valence electrons. The summed E-state index contributed by atoms with van der Waals surface area (Å²) in [7, 11) is 0.268. The smallest absolute Gasteiger partial charge is 0.261 e. The van der Waals surface area contributed by atoms with E-state index < -0.39 is 40.3 Å². The Bertz CT molecular complexity index is 1180. The Hall–Kier alpha value is -3.64. The van der Waals surface area contributed by atoms with E-state index in [9.17, 15) is 22.8 Å². The summed E-state index contributed by atoms with van der Waals surface area (Å²) in [4.78, 5) is 37.9. The molecule has 2 aromatic carbocycles. The summed E-state index contributed by atoms with van der Waals surface area (Å²) in [5, 5.41) is 2.63. The molecular weight excluding hydrogens is 488 g/mol. The Morgan fingerprint density at radius 2 is 1.50 bits per heavy atom. The molecule has 0 aliphatic heterocycles. The van der Waals surface area contributed by atoms with Gasteiger partial charge >= 0.3 is 0 Å². The second kappa shape index (κ2) is 12.4. The molecule has 0 spiro atoms. The lowest BCUT2D eigenvalue weighted by molar-refractivity contribution is -0.130. The second-order valence-electron chi connectivity index (χ2n) is 8.41. The fourth-order valence-electron chi connectivity index (χ4n) is 3.12. The van der Waals surface area contributed by atoms with E-state index in [2.05, 4.69) is 16.2 Å². The zero-order valence-electron chi connectivity index (χ0n) is 21.1. The lowest BCUT2D eigenvalue weighted by Gasteiger charge is -2.22. The number of nitrogens with one attached hydrogen (secondary N) is 3. The first-order valence-corrected chi connectivity index (χ1v) is 12.5. The Kier molecular flexibility index (Phi) is 9.82. The van der Waals surface area contributed by atoms with E-state index in [4.69, 9.17) is 9.47 Å². The normalized spacial score (nSPS) is 12.1. The molecule has 2 rings (SSSR count). The van der Waals surface area contributed by atoms with Crippen LogP contribution >= 0.6 is 0 Å². The molecule has 0 fully saturated rings. The first-order chi connectivity index (χ1) is 16.9. The van der Waals surface area contributed by atoms with Gasteiger partial charge in [-0.1, -0.05) is 31.5 Å². The average molecular weight is 521 g/mol. The van der Waals surface area contributed by atoms with Gasteiger partial charge in [-0.3, -0.25) is 25.2 Å². The maximum absolute atomic E-state index is 12.8. The molecule has 0 bridgehead atoms. The molecule has 11 nitrogen and oxygen atoms in total. The largest absolute Gasteiger partial charge is 0.497 e. The van der Waals surface area contributed by atoms with Crippen LogP contribution in [0.3, 0.4) is 0 Å². The molecule has 0 aliphatic carbocycles. The van der Waals surface area contributed by atoms with E-state index in [0.29, 0.717) is 11.5 Å². The van der Waals surface area contributed by atoms with Gasteiger partial charge in [0.1, 0.15) is 17.5 Å². The number of carbonyl (C=O) groups excluding carboxylic acids is 3. The zero-order valence-corrected chi connectivity index (χ0v) is 21.9. The lowest BCUT2D eigenvalue weighted by atomic mass is 10.0. The van der Waals surface area contributed by atoms with E-state index in [0.717, 1.165) is 9.87 Å². The summed E-state index contributed by atoms with van der Waals surface area (Å²) in [5.74, 6) is -1.50. The first kappa shape index (κ1) is 28.6. The van der Waals surface area contributed by atoms with Crippen LogP contribution in [0.15, 0.2) is 47.4 Å². The van der Waals surface area contributed by atoms with Gasteiger partial charge in [-0.15, -0.1) is 0 Å². The molecule has 0 aromatic heterocycles. The van der Waals surface area contributed by atoms with Gasteiger partial charge in [0, 0.05) is 18.7 Å². The van der Waals surface area contributed by atoms with Crippen LogP contribution in [0, 0.1) is 12.8 Å². The van der Waals surface area contributed by atoms with Gasteiger partial charge in [0.25, 0.3) is 17.7 Å². The van der Waals surface area contributed by atoms with Crippen LogP contribution in [0.5, 0.6) is 11.5 Å². The molecule has 0 radical (unpaired) electrons. The number of carbonyl (C=O) groups is 3. The number of ether oxygens (including phenoxy) is 2. The van der Waals surface area contributed by atoms with Crippen LogP contribution in [0.2, 0.25) is 0 Å². The third-order valence-electron chi connectivity index (χ3n) is 5.27. The van der Waals surface area contributed by atoms with Crippen molar-refractivity contribution >= 4 is 27.7 Å². The molecule has 1 atom stereocenters. The van der Waals surface area contributed by atoms with Crippen molar-refractivity contribution in [2.75, 3.05) is 27.8 Å². The number of aryl methyl sites for hydroxylation is 1. The number of amides is 3. The van der Waals surface area contributed by atoms with Crippen molar-refractivity contribution in [1.29, 1.82) is 0 Å². The zero-order chi connectivity index (χ0) is 27.0. The van der Waals surface area contributed by atoms with E-state index >= 15 is 0 Å². The van der Waals surface area contributed by atoms with Crippen molar-refractivity contribution in [2.24, 2.45) is 5.92 Å². The molecule has 0 saturated heterocycles. The van der Waals surface area contributed by atoms with Crippen molar-refractivity contribution in [3.63, 3.8) is 0 Å². The molecule has 0 unspecified atom stereocenters. The number of likely N-dealkylation sites (N-methyl/N-ethyl adjacent to an activating group) is 1. The summed E-state index contributed by atoms with van der Waals surface area (Å²) in [6.45, 7) is 4.75. The third kappa shape index (κ3) is 7.43. The molecule has 3 N–H and O–H groups in total. The monoisotopic (exact) mass is 520 g/mol. The molecule has 0 heterocycles. The maximum atomic E-state index is 12.8. The Labute approximate surface area is 211 Å². The van der Waals surface area contributed by atoms with Crippen LogP contribution in [0.25, 0.3) is 0 Å². The summed E-state index contributed by atoms with van der Waals surface area (Å²) in [6.07, 6.45) is 0. The van der Waals surface area contributed by atoms with Gasteiger partial charge in [-0.25, -0.2) is 8.42 Å². The van der Waals surface area contributed by atoms with Crippen molar-refractivity contribution in [1.82, 2.24) is 20.5 Å². The summed E-state index contributed by atoms with van der Waals surface area (Å²) < 4.78 is 36.5. The number of sulfonamides is 1. The highest BCUT2D eigenvalue weighted by Crippen LogP contribution is 2.22. The number of methoxy groups -OCH3 is 2. The topological polar surface area (TPSA) is 143 Å². The number of hydrogen-bond donors (Lipinski definition) is 3. The van der Waals surface area contributed by atoms with Gasteiger partial charge < -0.3 is 14.8 Å². The molecule has 0 aliphatic rings. The SMILES string of the molecule is COc1cc(OC)cc(C(=O)N[C@H](C(=O)NNC(=O)CN(C)S(=O)(=O)c2ccc(C)cc2)C(C)C)c1. The van der Waals surface area contributed by atoms with Crippen LogP contribution in [0.1, 0.15) is 29.8 Å². The fraction of sp³-hybridized carbons (Fsp3) is 0.375. The molecular formula is C24H32N4O7S. The molecule has 2 aromatic rings. The number of rotatable bonds is 10. The predicted molar refractivity (Wildman–Crippen MR) is 133 cm³/mol. The number of benzene rings is 2. The summed E-state index contributed by atoms with van der Waals surface area (Å²) >= 11 is 0. The lowest BCUT2D eigenvalue weighted by Crippen LogP contribution is -2.55. The van der Waals surface area contributed by atoms with E-state index in [1.807, 2.05) is 6.92 Å². The van der Waals surface area contributed by atoms with E-state index in [1.54, 1.807) is 32.0 Å². The van der Waals surface area contributed by atoms with Crippen molar-refractivity contribution in [3.05, 3.63) is 53.6 Å². The maximum Gasteiger partial charge on any atom is 0.261 e. The van der Waals surface area contributed by atoms with Gasteiger partial charge in [-0.05, 0) is 37.1 Å². The van der Waals surface area contributed by atoms with Crippen LogP contribution in [-0.4, -0.2) is 64.3 Å². The summed E-state index contributed by atoms with van der Waals surface area (Å²) in [5.41, 5.74) is 5.56. The summed E-state index contributed by atoms with van der Waals surface area (Å²) in [6, 6.07) is 9.83. The minimum Gasteiger partial charge on any atom is -0.497 e. The fourth-order valence-corrected chi connectivity index (χ4v) is 4.25. The van der Waals surface area contributed by atoms with Crippen LogP contribution < -0.4 is 25.6 Å². The highest BCUT2D eigenvalue weighted by molar-refractivity contribution is 7.89. The quantitative estimate of drug-likeness (QED) is 0.400. The second-order valence-corrected chi connectivity index (χ2v) is 10.5. The highest BCUT2D eigenvalue weighted by atomic mass is 32.2. The van der Waals surface area contributed by atoms with Gasteiger partial charge in [0.05, 0.1) is 25.7 Å². The van der Waals surface area contributed by atoms with Gasteiger partial charge in [0.15, 0.2) is 0 Å². The minimum atomic E-state index is -3.89. The Morgan fingerprint density at radius 3 is 2.00 bits per heavy atom. The highest BCUT2D eigenvalue weighted by Gasteiger charge is 2.27. The molecule has 3 amide bonds. The van der Waals surface area contributed by atoms with E-state index in [-0.39, 0.29) is 16.4 Å². The third-order valence-corrected chi connectivity index (χ3v) is 7.09. The molecule has 0 saturated carbocycles. The predicted octanol–water partition coefficient (Wildman–Crippen LogP) is 1.23. The van der Waals surface area contributed by atoms with Gasteiger partial charge in [-0.2, -0.15) is 4.31 Å². The van der Waals surface area contributed by atoms with Crippen molar-refractivity contribution < 1.29 is 32.3 Å². The van der Waals surface area contributed by atoms with Crippen molar-refractivity contribution in [3.8, 4) is 11.5 Å². The first-order valence-electron chi connectivity index (χ1n) is 11.0. The number of nitrogens with zero attached hydrogens (tertiary/aromatic N) is 1. The minimum absolute atomic E-state index is 0.0455. The Balaban J connectivity index is 2.01. The van der Waals surface area contributed by atoms with Crippen molar-refractivity contribution in [2.45, 2.75) is 31.7 Å². The molecule has 12 heteroatoms. The van der Waals surface area contributed by atoms with Gasteiger partial charge in [0.2, 0.25) is 10.0 Å². The number of hydrogen-bond acceptors (Lipinski definition) is 7.